The largest absolute Gasteiger partial charge is 0.504 e. The van der Waals surface area contributed by atoms with Crippen LogP contribution in [0.3, 0.4) is 0 Å². The predicted molar refractivity (Wildman–Crippen MR) is 107 cm³/mol. The van der Waals surface area contributed by atoms with E-state index >= 15 is 0 Å². The summed E-state index contributed by atoms with van der Waals surface area (Å²) in [7, 11) is 6.17. The number of hydrogen-bond donors (Lipinski definition) is 2. The van der Waals surface area contributed by atoms with Gasteiger partial charge in [0.2, 0.25) is 11.5 Å². The molecule has 0 saturated carbocycles. The van der Waals surface area contributed by atoms with Crippen LogP contribution < -0.4 is 18.9 Å². The summed E-state index contributed by atoms with van der Waals surface area (Å²) in [5.74, 6) is 1.56. The Hall–Kier alpha value is -2.84. The minimum Gasteiger partial charge on any atom is -0.504 e. The molecule has 4 atom stereocenters. The number of fused-ring (bicyclic) bond motifs is 1. The van der Waals surface area contributed by atoms with Crippen molar-refractivity contribution in [2.75, 3.05) is 41.7 Å². The Morgan fingerprint density at radius 2 is 1.17 bits per heavy atom. The van der Waals surface area contributed by atoms with E-state index in [1.165, 1.54) is 13.2 Å². The maximum absolute atomic E-state index is 10.1. The standard InChI is InChI=1S/C22H26O8/c1-25-16-6-11(5-15(23)19(16)24)20-13-9-30-21(14(13)10-29-20)12-7-17(26-2)22(28-4)18(8-12)27-3/h5-8,13-14,20-21,23-24H,9-10H2,1-4H3/t13-,14-,20+,21+/m0/s1. The third-order valence-electron chi connectivity index (χ3n) is 5.91. The summed E-state index contributed by atoms with van der Waals surface area (Å²) >= 11 is 0. The number of ether oxygens (including phenoxy) is 6. The molecule has 2 saturated heterocycles. The van der Waals surface area contributed by atoms with Crippen molar-refractivity contribution in [3.8, 4) is 34.5 Å². The van der Waals surface area contributed by atoms with Gasteiger partial charge in [-0.25, -0.2) is 0 Å². The second-order valence-electron chi connectivity index (χ2n) is 7.39. The second-order valence-corrected chi connectivity index (χ2v) is 7.39. The normalized spacial score (nSPS) is 25.1. The first-order valence-electron chi connectivity index (χ1n) is 9.65. The van der Waals surface area contributed by atoms with Crippen molar-refractivity contribution in [1.29, 1.82) is 0 Å². The smallest absolute Gasteiger partial charge is 0.203 e. The van der Waals surface area contributed by atoms with Crippen LogP contribution in [0.4, 0.5) is 0 Å². The van der Waals surface area contributed by atoms with Crippen molar-refractivity contribution in [2.24, 2.45) is 11.8 Å². The molecule has 8 heteroatoms. The Balaban J connectivity index is 1.63. The lowest BCUT2D eigenvalue weighted by Crippen LogP contribution is -2.15. The van der Waals surface area contributed by atoms with E-state index in [-0.39, 0.29) is 41.3 Å². The molecule has 30 heavy (non-hydrogen) atoms. The monoisotopic (exact) mass is 418 g/mol. The molecule has 2 aromatic carbocycles. The molecule has 2 heterocycles. The summed E-state index contributed by atoms with van der Waals surface area (Å²) in [4.78, 5) is 0. The molecular weight excluding hydrogens is 392 g/mol. The fraction of sp³-hybridized carbons (Fsp3) is 0.455. The summed E-state index contributed by atoms with van der Waals surface area (Å²) in [5.41, 5.74) is 1.66. The van der Waals surface area contributed by atoms with Crippen LogP contribution in [0.25, 0.3) is 0 Å². The van der Waals surface area contributed by atoms with Gasteiger partial charge in [0.15, 0.2) is 23.0 Å². The Labute approximate surface area is 174 Å². The second kappa shape index (κ2) is 8.12. The van der Waals surface area contributed by atoms with Crippen LogP contribution in [0.1, 0.15) is 23.3 Å². The lowest BCUT2D eigenvalue weighted by molar-refractivity contribution is 0.0190. The molecule has 0 spiro atoms. The topological polar surface area (TPSA) is 95.8 Å². The number of methoxy groups -OCH3 is 4. The van der Waals surface area contributed by atoms with Gasteiger partial charge < -0.3 is 38.6 Å². The average molecular weight is 418 g/mol. The fourth-order valence-electron chi connectivity index (χ4n) is 4.43. The van der Waals surface area contributed by atoms with E-state index in [4.69, 9.17) is 28.4 Å². The van der Waals surface area contributed by atoms with Crippen LogP contribution in [0, 0.1) is 11.8 Å². The number of benzene rings is 2. The van der Waals surface area contributed by atoms with Crippen molar-refractivity contribution in [3.05, 3.63) is 35.4 Å². The van der Waals surface area contributed by atoms with Crippen molar-refractivity contribution in [3.63, 3.8) is 0 Å². The predicted octanol–water partition coefficient (Wildman–Crippen LogP) is 3.21. The molecule has 0 aromatic heterocycles. The molecule has 0 radical (unpaired) electrons. The molecular formula is C22H26O8. The fourth-order valence-corrected chi connectivity index (χ4v) is 4.43. The Bertz CT molecular complexity index is 903. The SMILES string of the molecule is COc1cc([C@H]2OC[C@H]3[C@@H]2CO[C@@H]3c2cc(OC)c(OC)c(OC)c2)cc(O)c1O. The molecule has 2 N–H and O–H groups in total. The van der Waals surface area contributed by atoms with E-state index in [1.807, 2.05) is 12.1 Å². The zero-order valence-electron chi connectivity index (χ0n) is 17.4. The zero-order valence-corrected chi connectivity index (χ0v) is 17.4. The van der Waals surface area contributed by atoms with Gasteiger partial charge in [0.05, 0.1) is 53.9 Å². The van der Waals surface area contributed by atoms with Crippen LogP contribution >= 0.6 is 0 Å². The first-order valence-corrected chi connectivity index (χ1v) is 9.65. The van der Waals surface area contributed by atoms with E-state index in [2.05, 4.69) is 0 Å². The molecule has 162 valence electrons. The van der Waals surface area contributed by atoms with Gasteiger partial charge in [-0.1, -0.05) is 0 Å². The van der Waals surface area contributed by atoms with Gasteiger partial charge in [0, 0.05) is 11.8 Å². The van der Waals surface area contributed by atoms with E-state index < -0.39 is 0 Å². The van der Waals surface area contributed by atoms with Crippen LogP contribution in [-0.4, -0.2) is 51.9 Å². The highest BCUT2D eigenvalue weighted by molar-refractivity contribution is 5.55. The van der Waals surface area contributed by atoms with Crippen LogP contribution in [-0.2, 0) is 9.47 Å². The van der Waals surface area contributed by atoms with Crippen LogP contribution in [0.15, 0.2) is 24.3 Å². The van der Waals surface area contributed by atoms with Gasteiger partial charge in [-0.15, -0.1) is 0 Å². The molecule has 0 unspecified atom stereocenters. The first-order chi connectivity index (χ1) is 14.5. The maximum Gasteiger partial charge on any atom is 0.203 e. The lowest BCUT2D eigenvalue weighted by Gasteiger charge is -2.20. The molecule has 0 amide bonds. The minimum atomic E-state index is -0.284. The minimum absolute atomic E-state index is 0.0859. The molecule has 0 aliphatic carbocycles. The molecule has 2 fully saturated rings. The summed E-state index contributed by atoms with van der Waals surface area (Å²) < 4.78 is 33.8. The number of phenolic OH excluding ortho intramolecular Hbond substituents is 2. The highest BCUT2D eigenvalue weighted by Crippen LogP contribution is 2.53. The Morgan fingerprint density at radius 1 is 0.700 bits per heavy atom. The molecule has 4 rings (SSSR count). The summed E-state index contributed by atoms with van der Waals surface area (Å²) in [6, 6.07) is 7.00. The van der Waals surface area contributed by atoms with E-state index in [1.54, 1.807) is 27.4 Å². The highest BCUT2D eigenvalue weighted by atomic mass is 16.5. The van der Waals surface area contributed by atoms with E-state index in [0.29, 0.717) is 30.5 Å². The van der Waals surface area contributed by atoms with Crippen LogP contribution in [0.5, 0.6) is 34.5 Å². The molecule has 8 nitrogen and oxygen atoms in total. The zero-order chi connectivity index (χ0) is 21.4. The van der Waals surface area contributed by atoms with Gasteiger partial charge in [-0.3, -0.25) is 0 Å². The van der Waals surface area contributed by atoms with Crippen LogP contribution in [0.2, 0.25) is 0 Å². The highest BCUT2D eigenvalue weighted by Gasteiger charge is 2.48. The van der Waals surface area contributed by atoms with Gasteiger partial charge >= 0.3 is 0 Å². The van der Waals surface area contributed by atoms with Crippen molar-refractivity contribution < 1.29 is 38.6 Å². The van der Waals surface area contributed by atoms with Crippen molar-refractivity contribution in [2.45, 2.75) is 12.2 Å². The van der Waals surface area contributed by atoms with Gasteiger partial charge in [0.1, 0.15) is 0 Å². The number of phenols is 2. The number of rotatable bonds is 6. The maximum atomic E-state index is 10.1. The van der Waals surface area contributed by atoms with Gasteiger partial charge in [-0.2, -0.15) is 0 Å². The number of aromatic hydroxyl groups is 2. The summed E-state index contributed by atoms with van der Waals surface area (Å²) in [6.45, 7) is 1.00. The van der Waals surface area contributed by atoms with Gasteiger partial charge in [0.25, 0.3) is 0 Å². The third-order valence-corrected chi connectivity index (χ3v) is 5.91. The van der Waals surface area contributed by atoms with Crippen molar-refractivity contribution in [1.82, 2.24) is 0 Å². The van der Waals surface area contributed by atoms with Crippen molar-refractivity contribution >= 4 is 0 Å². The van der Waals surface area contributed by atoms with Gasteiger partial charge in [-0.05, 0) is 35.4 Å². The summed E-state index contributed by atoms with van der Waals surface area (Å²) in [5, 5.41) is 20.0. The summed E-state index contributed by atoms with van der Waals surface area (Å²) in [6.07, 6.45) is -0.469. The number of hydrogen-bond acceptors (Lipinski definition) is 8. The molecule has 2 aromatic rings. The Kier molecular flexibility index (Phi) is 5.53. The average Bonchev–Trinajstić information content (AvgIpc) is 3.36. The van der Waals surface area contributed by atoms with E-state index in [9.17, 15) is 10.2 Å². The Morgan fingerprint density at radius 3 is 1.63 bits per heavy atom. The molecule has 0 bridgehead atoms. The quantitative estimate of drug-likeness (QED) is 0.691. The lowest BCUT2D eigenvalue weighted by atomic mass is 9.84. The first kappa shape index (κ1) is 20.4. The molecule has 2 aliphatic rings. The molecule has 2 aliphatic heterocycles. The third kappa shape index (κ3) is 3.26. The van der Waals surface area contributed by atoms with E-state index in [0.717, 1.165) is 11.1 Å².